The lowest BCUT2D eigenvalue weighted by atomic mass is 10.1. The van der Waals surface area contributed by atoms with Crippen LogP contribution in [0, 0.1) is 0 Å². The van der Waals surface area contributed by atoms with Crippen molar-refractivity contribution >= 4 is 17.9 Å². The van der Waals surface area contributed by atoms with E-state index in [9.17, 15) is 29.7 Å². The Morgan fingerprint density at radius 2 is 0.756 bits per heavy atom. The van der Waals surface area contributed by atoms with Gasteiger partial charge >= 0.3 is 17.9 Å². The predicted molar refractivity (Wildman–Crippen MR) is 162 cm³/mol. The zero-order valence-electron chi connectivity index (χ0n) is 24.5. The molecule has 0 saturated heterocycles. The summed E-state index contributed by atoms with van der Waals surface area (Å²) in [6.07, 6.45) is 0. The number of ether oxygens (including phenoxy) is 3. The highest BCUT2D eigenvalue weighted by molar-refractivity contribution is 5.92. The minimum Gasteiger partial charge on any atom is -0.504 e. The molecule has 228 valence electrons. The third-order valence-corrected chi connectivity index (χ3v) is 5.97. The number of carbonyl (C=O) groups excluding carboxylic acids is 3. The first-order valence-corrected chi connectivity index (χ1v) is 13.1. The van der Waals surface area contributed by atoms with Crippen LogP contribution in [0.25, 0.3) is 34.2 Å². The Morgan fingerprint density at radius 3 is 0.978 bits per heavy atom. The lowest BCUT2D eigenvalue weighted by Crippen LogP contribution is -2.11. The van der Waals surface area contributed by atoms with Gasteiger partial charge in [-0.2, -0.15) is 0 Å². The molecule has 1 aromatic heterocycles. The van der Waals surface area contributed by atoms with Crippen molar-refractivity contribution in [2.45, 2.75) is 20.8 Å². The van der Waals surface area contributed by atoms with E-state index < -0.39 is 35.2 Å². The van der Waals surface area contributed by atoms with Gasteiger partial charge in [-0.1, -0.05) is 37.9 Å². The first kappa shape index (κ1) is 31.6. The average Bonchev–Trinajstić information content (AvgIpc) is 2.99. The molecular formula is C33H27N3O9. The number of rotatable bonds is 9. The maximum Gasteiger partial charge on any atom is 0.338 e. The highest BCUT2D eigenvalue weighted by atomic mass is 16.6. The van der Waals surface area contributed by atoms with E-state index >= 15 is 0 Å². The van der Waals surface area contributed by atoms with Crippen molar-refractivity contribution in [3.63, 3.8) is 0 Å². The van der Waals surface area contributed by atoms with Gasteiger partial charge in [0.2, 0.25) is 0 Å². The minimum atomic E-state index is -0.837. The maximum absolute atomic E-state index is 12.5. The summed E-state index contributed by atoms with van der Waals surface area (Å²) in [5, 5.41) is 31.9. The van der Waals surface area contributed by atoms with Crippen LogP contribution in [0.15, 0.2) is 91.1 Å². The Morgan fingerprint density at radius 1 is 0.511 bits per heavy atom. The van der Waals surface area contributed by atoms with Crippen molar-refractivity contribution in [2.24, 2.45) is 0 Å². The summed E-state index contributed by atoms with van der Waals surface area (Å²) in [6.45, 7) is 14.9. The van der Waals surface area contributed by atoms with Crippen LogP contribution >= 0.6 is 0 Å². The van der Waals surface area contributed by atoms with Gasteiger partial charge in [-0.05, 0) is 57.2 Å². The third kappa shape index (κ3) is 6.86. The van der Waals surface area contributed by atoms with Gasteiger partial charge < -0.3 is 29.5 Å². The van der Waals surface area contributed by atoms with E-state index in [0.29, 0.717) is 0 Å². The Hall–Kier alpha value is -6.30. The van der Waals surface area contributed by atoms with Gasteiger partial charge in [-0.3, -0.25) is 0 Å². The van der Waals surface area contributed by atoms with Crippen LogP contribution < -0.4 is 14.2 Å². The molecule has 1 heterocycles. The van der Waals surface area contributed by atoms with Gasteiger partial charge in [-0.25, -0.2) is 29.3 Å². The fourth-order valence-corrected chi connectivity index (χ4v) is 3.70. The van der Waals surface area contributed by atoms with E-state index in [-0.39, 0.29) is 68.1 Å². The van der Waals surface area contributed by atoms with E-state index in [4.69, 9.17) is 14.2 Å². The van der Waals surface area contributed by atoms with Gasteiger partial charge in [0.15, 0.2) is 52.0 Å². The Kier molecular flexibility index (Phi) is 9.08. The molecule has 0 aliphatic rings. The fraction of sp³-hybridized carbons (Fsp3) is 0.0909. The summed E-state index contributed by atoms with van der Waals surface area (Å²) < 4.78 is 16.2. The number of esters is 3. The first-order valence-electron chi connectivity index (χ1n) is 13.1. The SMILES string of the molecule is C=C(C)C(=O)Oc1c(O)cccc1-c1nc(-c2cccc(O)c2OC(=O)C(=C)C)nc(-c2cccc(O)c2OC(=O)C(=C)C)n1. The van der Waals surface area contributed by atoms with Crippen LogP contribution in [0.2, 0.25) is 0 Å². The molecule has 4 aromatic rings. The van der Waals surface area contributed by atoms with Gasteiger partial charge in [0.25, 0.3) is 0 Å². The number of hydrogen-bond donors (Lipinski definition) is 3. The molecule has 0 aliphatic heterocycles. The van der Waals surface area contributed by atoms with Crippen LogP contribution in [0.1, 0.15) is 20.8 Å². The molecule has 0 saturated carbocycles. The number of phenolic OH excluding ortho intramolecular Hbond substituents is 3. The highest BCUT2D eigenvalue weighted by Gasteiger charge is 2.25. The largest absolute Gasteiger partial charge is 0.504 e. The number of para-hydroxylation sites is 3. The van der Waals surface area contributed by atoms with Crippen molar-refractivity contribution in [2.75, 3.05) is 0 Å². The molecule has 0 atom stereocenters. The lowest BCUT2D eigenvalue weighted by molar-refractivity contribution is -0.131. The molecule has 3 aromatic carbocycles. The summed E-state index contributed by atoms with van der Waals surface area (Å²) in [5.74, 6) is -5.20. The van der Waals surface area contributed by atoms with E-state index in [0.717, 1.165) is 0 Å². The lowest BCUT2D eigenvalue weighted by Gasteiger charge is -2.16. The normalized spacial score (nSPS) is 10.5. The number of nitrogens with zero attached hydrogens (tertiary/aromatic N) is 3. The Balaban J connectivity index is 2.06. The van der Waals surface area contributed by atoms with E-state index in [1.54, 1.807) is 0 Å². The fourth-order valence-electron chi connectivity index (χ4n) is 3.70. The predicted octanol–water partition coefficient (Wildman–Crippen LogP) is 5.43. The second-order valence-electron chi connectivity index (χ2n) is 9.78. The van der Waals surface area contributed by atoms with Crippen LogP contribution in [-0.2, 0) is 14.4 Å². The summed E-state index contributed by atoms with van der Waals surface area (Å²) in [4.78, 5) is 50.8. The third-order valence-electron chi connectivity index (χ3n) is 5.97. The maximum atomic E-state index is 12.5. The van der Waals surface area contributed by atoms with Gasteiger partial charge in [0.1, 0.15) is 0 Å². The molecule has 0 radical (unpaired) electrons. The zero-order valence-corrected chi connectivity index (χ0v) is 24.5. The van der Waals surface area contributed by atoms with Gasteiger partial charge in [0, 0.05) is 16.7 Å². The number of benzene rings is 3. The zero-order chi connectivity index (χ0) is 33.0. The van der Waals surface area contributed by atoms with Crippen molar-refractivity contribution in [3.05, 3.63) is 91.1 Å². The molecule has 12 heteroatoms. The number of aromatic hydroxyl groups is 3. The Labute approximate surface area is 257 Å². The quantitative estimate of drug-likeness (QED) is 0.125. The van der Waals surface area contributed by atoms with Crippen molar-refractivity contribution in [1.82, 2.24) is 15.0 Å². The summed E-state index contributed by atoms with van der Waals surface area (Å²) >= 11 is 0. The summed E-state index contributed by atoms with van der Waals surface area (Å²) in [7, 11) is 0. The highest BCUT2D eigenvalue weighted by Crippen LogP contribution is 2.42. The van der Waals surface area contributed by atoms with Crippen LogP contribution in [0.5, 0.6) is 34.5 Å². The van der Waals surface area contributed by atoms with Crippen LogP contribution in [-0.4, -0.2) is 48.2 Å². The number of hydrogen-bond acceptors (Lipinski definition) is 12. The second-order valence-corrected chi connectivity index (χ2v) is 9.78. The molecular weight excluding hydrogens is 582 g/mol. The topological polar surface area (TPSA) is 178 Å². The minimum absolute atomic E-state index is 0.0239. The van der Waals surface area contributed by atoms with Gasteiger partial charge in [-0.15, -0.1) is 0 Å². The van der Waals surface area contributed by atoms with E-state index in [2.05, 4.69) is 34.7 Å². The standard InChI is InChI=1S/C33H27N3O9/c1-16(2)31(40)43-25-19(10-7-13-22(25)37)28-34-29(20-11-8-14-23(38)26(20)44-32(41)17(3)4)36-30(35-28)21-12-9-15-24(39)27(21)45-33(42)18(5)6/h7-15,37-39H,1,3,5H2,2,4,6H3. The van der Waals surface area contributed by atoms with Crippen LogP contribution in [0.4, 0.5) is 0 Å². The van der Waals surface area contributed by atoms with Crippen molar-refractivity contribution in [1.29, 1.82) is 0 Å². The second kappa shape index (κ2) is 12.9. The molecule has 0 aliphatic carbocycles. The van der Waals surface area contributed by atoms with Crippen molar-refractivity contribution < 1.29 is 43.9 Å². The first-order chi connectivity index (χ1) is 21.3. The average molecular weight is 610 g/mol. The monoisotopic (exact) mass is 609 g/mol. The Bertz CT molecular complexity index is 1680. The molecule has 4 rings (SSSR count). The number of carbonyl (C=O) groups is 3. The number of phenols is 3. The molecule has 12 nitrogen and oxygen atoms in total. The molecule has 0 fully saturated rings. The van der Waals surface area contributed by atoms with E-state index in [1.807, 2.05) is 0 Å². The van der Waals surface area contributed by atoms with Crippen LogP contribution in [0.3, 0.4) is 0 Å². The molecule has 45 heavy (non-hydrogen) atoms. The summed E-state index contributed by atoms with van der Waals surface area (Å²) in [5.41, 5.74) is 0.221. The molecule has 0 unspecified atom stereocenters. The van der Waals surface area contributed by atoms with Gasteiger partial charge in [0.05, 0.1) is 16.7 Å². The van der Waals surface area contributed by atoms with E-state index in [1.165, 1.54) is 75.4 Å². The van der Waals surface area contributed by atoms with Crippen molar-refractivity contribution in [3.8, 4) is 68.7 Å². The molecule has 0 amide bonds. The molecule has 0 bridgehead atoms. The smallest absolute Gasteiger partial charge is 0.338 e. The molecule has 3 N–H and O–H groups in total. The molecule has 0 spiro atoms. The number of aromatic nitrogens is 3. The summed E-state index contributed by atoms with van der Waals surface area (Å²) in [6, 6.07) is 12.6.